The summed E-state index contributed by atoms with van der Waals surface area (Å²) in [5.41, 5.74) is -0.431. The minimum absolute atomic E-state index is 0.0827. The molecule has 0 spiro atoms. The predicted octanol–water partition coefficient (Wildman–Crippen LogP) is 2.24. The van der Waals surface area contributed by atoms with Gasteiger partial charge in [-0.15, -0.1) is 0 Å². The van der Waals surface area contributed by atoms with Crippen LogP contribution >= 0.6 is 22.6 Å². The quantitative estimate of drug-likeness (QED) is 0.190. The molecule has 3 rings (SSSR count). The molecule has 26 heavy (non-hydrogen) atoms. The van der Waals surface area contributed by atoms with Crippen LogP contribution in [0.1, 0.15) is 40.5 Å². The molecule has 0 amide bonds. The first-order chi connectivity index (χ1) is 12.1. The van der Waals surface area contributed by atoms with Crippen LogP contribution in [0.3, 0.4) is 0 Å². The number of carbonyl (C=O) groups excluding carboxylic acids is 3. The molecule has 2 aliphatic carbocycles. The van der Waals surface area contributed by atoms with Gasteiger partial charge in [0.1, 0.15) is 16.1 Å². The van der Waals surface area contributed by atoms with Gasteiger partial charge in [0.25, 0.3) is 0 Å². The van der Waals surface area contributed by atoms with E-state index in [1.54, 1.807) is 0 Å². The van der Waals surface area contributed by atoms with Crippen molar-refractivity contribution >= 4 is 40.5 Å². The molecule has 0 N–H and O–H groups in total. The zero-order chi connectivity index (χ0) is 19.2. The Morgan fingerprint density at radius 1 is 1.31 bits per heavy atom. The molecule has 2 bridgehead atoms. The van der Waals surface area contributed by atoms with Crippen molar-refractivity contribution in [3.8, 4) is 0 Å². The Kier molecular flexibility index (Phi) is 5.54. The molecule has 1 heterocycles. The summed E-state index contributed by atoms with van der Waals surface area (Å²) in [7, 11) is 0. The average Bonchev–Trinajstić information content (AvgIpc) is 3.16. The molecule has 1 saturated heterocycles. The van der Waals surface area contributed by atoms with E-state index in [0.717, 1.165) is 0 Å². The van der Waals surface area contributed by atoms with E-state index in [-0.39, 0.29) is 34.5 Å². The number of halogens is 1. The second kappa shape index (κ2) is 7.26. The molecule has 2 saturated carbocycles. The minimum Gasteiger partial charge on any atom is -0.458 e. The van der Waals surface area contributed by atoms with E-state index in [9.17, 15) is 14.4 Å². The summed E-state index contributed by atoms with van der Waals surface area (Å²) in [5, 5.41) is 0. The van der Waals surface area contributed by atoms with E-state index in [1.807, 2.05) is 50.3 Å². The molecule has 1 aliphatic heterocycles. The molecule has 0 aromatic heterocycles. The molecular formula is C18H25IO7. The molecule has 7 nitrogen and oxygen atoms in total. The van der Waals surface area contributed by atoms with Crippen molar-refractivity contribution in [2.75, 3.05) is 6.79 Å². The van der Waals surface area contributed by atoms with E-state index >= 15 is 0 Å². The van der Waals surface area contributed by atoms with Crippen LogP contribution < -0.4 is 0 Å². The van der Waals surface area contributed by atoms with Gasteiger partial charge in [-0.25, -0.2) is 0 Å². The summed E-state index contributed by atoms with van der Waals surface area (Å²) in [4.78, 5) is 37.1. The summed E-state index contributed by atoms with van der Waals surface area (Å²) in [6.07, 6.45) is 0.289. The molecular weight excluding hydrogens is 455 g/mol. The largest absolute Gasteiger partial charge is 0.458 e. The fraction of sp³-hybridized carbons (Fsp3) is 0.833. The maximum Gasteiger partial charge on any atom is 0.319 e. The highest BCUT2D eigenvalue weighted by atomic mass is 127. The van der Waals surface area contributed by atoms with Crippen molar-refractivity contribution in [3.05, 3.63) is 0 Å². The second-order valence-electron chi connectivity index (χ2n) is 8.13. The van der Waals surface area contributed by atoms with Crippen molar-refractivity contribution < 1.29 is 33.3 Å². The second-order valence-corrected chi connectivity index (χ2v) is 9.64. The minimum atomic E-state index is -0.637. The SMILES string of the molecule is CCC(I)C(=O)OC1C2CC3C1OC(=O)C3C2C(=O)OCOC(C)(C)C. The van der Waals surface area contributed by atoms with Crippen LogP contribution in [0.15, 0.2) is 0 Å². The van der Waals surface area contributed by atoms with Gasteiger partial charge in [-0.1, -0.05) is 29.5 Å². The Morgan fingerprint density at radius 2 is 2.00 bits per heavy atom. The number of fused-ring (bicyclic) bond motifs is 1. The highest BCUT2D eigenvalue weighted by molar-refractivity contribution is 14.1. The van der Waals surface area contributed by atoms with Crippen molar-refractivity contribution in [1.29, 1.82) is 0 Å². The molecule has 3 aliphatic rings. The fourth-order valence-corrected chi connectivity index (χ4v) is 4.35. The van der Waals surface area contributed by atoms with Gasteiger partial charge in [-0.3, -0.25) is 14.4 Å². The van der Waals surface area contributed by atoms with Gasteiger partial charge in [0, 0.05) is 11.8 Å². The Labute approximate surface area is 166 Å². The molecule has 146 valence electrons. The number of ether oxygens (including phenoxy) is 4. The van der Waals surface area contributed by atoms with Gasteiger partial charge in [-0.2, -0.15) is 0 Å². The first kappa shape index (κ1) is 19.9. The van der Waals surface area contributed by atoms with Crippen LogP contribution in [0.2, 0.25) is 0 Å². The summed E-state index contributed by atoms with van der Waals surface area (Å²) >= 11 is 2.04. The van der Waals surface area contributed by atoms with Gasteiger partial charge in [0.05, 0.1) is 17.4 Å². The van der Waals surface area contributed by atoms with Gasteiger partial charge in [0.2, 0.25) is 0 Å². The summed E-state index contributed by atoms with van der Waals surface area (Å²) in [5.74, 6) is -2.65. The molecule has 7 unspecified atom stereocenters. The van der Waals surface area contributed by atoms with Crippen LogP contribution in [0, 0.1) is 23.7 Å². The highest BCUT2D eigenvalue weighted by Gasteiger charge is 2.70. The van der Waals surface area contributed by atoms with E-state index in [4.69, 9.17) is 18.9 Å². The van der Waals surface area contributed by atoms with Crippen LogP contribution in [0.25, 0.3) is 0 Å². The molecule has 3 fully saturated rings. The zero-order valence-electron chi connectivity index (χ0n) is 15.4. The number of alkyl halides is 1. The first-order valence-electron chi connectivity index (χ1n) is 8.99. The maximum atomic E-state index is 12.6. The summed E-state index contributed by atoms with van der Waals surface area (Å²) in [6.45, 7) is 7.32. The van der Waals surface area contributed by atoms with E-state index < -0.39 is 35.6 Å². The van der Waals surface area contributed by atoms with Crippen molar-refractivity contribution in [3.63, 3.8) is 0 Å². The molecule has 0 radical (unpaired) electrons. The molecule has 7 atom stereocenters. The number of esters is 3. The topological polar surface area (TPSA) is 88.1 Å². The van der Waals surface area contributed by atoms with E-state index in [2.05, 4.69) is 0 Å². The Balaban J connectivity index is 1.70. The van der Waals surface area contributed by atoms with Crippen molar-refractivity contribution in [2.24, 2.45) is 23.7 Å². The molecule has 0 aromatic carbocycles. The summed E-state index contributed by atoms with van der Waals surface area (Å²) in [6, 6.07) is 0. The van der Waals surface area contributed by atoms with Gasteiger partial charge in [-0.05, 0) is 33.6 Å². The lowest BCUT2D eigenvalue weighted by Gasteiger charge is -2.30. The third-order valence-corrected chi connectivity index (χ3v) is 6.77. The number of carbonyl (C=O) groups is 3. The van der Waals surface area contributed by atoms with Crippen molar-refractivity contribution in [1.82, 2.24) is 0 Å². The predicted molar refractivity (Wildman–Crippen MR) is 98.2 cm³/mol. The van der Waals surface area contributed by atoms with Gasteiger partial charge >= 0.3 is 17.9 Å². The molecule has 0 aromatic rings. The van der Waals surface area contributed by atoms with Crippen LogP contribution in [0.5, 0.6) is 0 Å². The van der Waals surface area contributed by atoms with Gasteiger partial charge in [0.15, 0.2) is 6.79 Å². The average molecular weight is 480 g/mol. The number of rotatable bonds is 6. The maximum absolute atomic E-state index is 12.6. The zero-order valence-corrected chi connectivity index (χ0v) is 17.6. The van der Waals surface area contributed by atoms with Crippen LogP contribution in [-0.4, -0.2) is 46.4 Å². The van der Waals surface area contributed by atoms with Crippen molar-refractivity contribution in [2.45, 2.75) is 62.3 Å². The third-order valence-electron chi connectivity index (χ3n) is 5.38. The molecule has 8 heteroatoms. The van der Waals surface area contributed by atoms with E-state index in [0.29, 0.717) is 12.8 Å². The standard InChI is InChI=1S/C18H25IO7/c1-5-10(19)15(20)25-13-8-6-9-12(17(22)26-14(9)13)11(8)16(21)23-7-24-18(2,3)4/h8-14H,5-7H2,1-4H3. The fourth-order valence-electron chi connectivity index (χ4n) is 4.20. The Bertz CT molecular complexity index is 599. The number of hydrogen-bond acceptors (Lipinski definition) is 7. The number of hydrogen-bond donors (Lipinski definition) is 0. The highest BCUT2D eigenvalue weighted by Crippen LogP contribution is 2.59. The smallest absolute Gasteiger partial charge is 0.319 e. The van der Waals surface area contributed by atoms with Gasteiger partial charge < -0.3 is 18.9 Å². The lowest BCUT2D eigenvalue weighted by Crippen LogP contribution is -2.44. The lowest BCUT2D eigenvalue weighted by atomic mass is 9.78. The monoisotopic (exact) mass is 480 g/mol. The lowest BCUT2D eigenvalue weighted by molar-refractivity contribution is -0.179. The van der Waals surface area contributed by atoms with Crippen LogP contribution in [0.4, 0.5) is 0 Å². The first-order valence-corrected chi connectivity index (χ1v) is 10.2. The Morgan fingerprint density at radius 3 is 2.62 bits per heavy atom. The Hall–Kier alpha value is -0.900. The van der Waals surface area contributed by atoms with Crippen LogP contribution in [-0.2, 0) is 33.3 Å². The third kappa shape index (κ3) is 3.58. The normalized spacial score (nSPS) is 36.0. The summed E-state index contributed by atoms with van der Waals surface area (Å²) < 4.78 is 21.5. The van der Waals surface area contributed by atoms with E-state index in [1.165, 1.54) is 0 Å².